The van der Waals surface area contributed by atoms with Gasteiger partial charge in [-0.1, -0.05) is 66.3 Å². The molecule has 1 heteroatoms. The molecule has 0 spiro atoms. The SMILES string of the molecule is O=C(CCC1=CCCC=C1)c1cccc2ccccc12. The monoisotopic (exact) mass is 262 g/mol. The maximum Gasteiger partial charge on any atom is 0.163 e. The molecular weight excluding hydrogens is 244 g/mol. The molecule has 2 aromatic carbocycles. The molecule has 0 bridgehead atoms. The molecule has 0 saturated carbocycles. The second-order valence-electron chi connectivity index (χ2n) is 5.21. The molecule has 0 fully saturated rings. The summed E-state index contributed by atoms with van der Waals surface area (Å²) in [5.74, 6) is 0.238. The van der Waals surface area contributed by atoms with Crippen LogP contribution in [0.5, 0.6) is 0 Å². The Balaban J connectivity index is 1.79. The van der Waals surface area contributed by atoms with Crippen molar-refractivity contribution < 1.29 is 4.79 Å². The van der Waals surface area contributed by atoms with Crippen molar-refractivity contribution in [2.75, 3.05) is 0 Å². The largest absolute Gasteiger partial charge is 0.294 e. The van der Waals surface area contributed by atoms with Crippen LogP contribution in [0.4, 0.5) is 0 Å². The summed E-state index contributed by atoms with van der Waals surface area (Å²) >= 11 is 0. The zero-order chi connectivity index (χ0) is 13.8. The molecule has 20 heavy (non-hydrogen) atoms. The molecule has 0 radical (unpaired) electrons. The van der Waals surface area contributed by atoms with Crippen molar-refractivity contribution in [2.24, 2.45) is 0 Å². The lowest BCUT2D eigenvalue weighted by Gasteiger charge is -2.08. The Hall–Kier alpha value is -2.15. The van der Waals surface area contributed by atoms with E-state index < -0.39 is 0 Å². The summed E-state index contributed by atoms with van der Waals surface area (Å²) in [4.78, 5) is 12.4. The number of allylic oxidation sites excluding steroid dienone is 4. The minimum atomic E-state index is 0.238. The van der Waals surface area contributed by atoms with Crippen LogP contribution in [0.1, 0.15) is 36.0 Å². The molecule has 0 aliphatic heterocycles. The van der Waals surface area contributed by atoms with Crippen LogP contribution < -0.4 is 0 Å². The first-order valence-corrected chi connectivity index (χ1v) is 7.21. The summed E-state index contributed by atoms with van der Waals surface area (Å²) < 4.78 is 0. The van der Waals surface area contributed by atoms with E-state index >= 15 is 0 Å². The Morgan fingerprint density at radius 1 is 1.00 bits per heavy atom. The first-order chi connectivity index (χ1) is 9.84. The van der Waals surface area contributed by atoms with Crippen LogP contribution in [0, 0.1) is 0 Å². The summed E-state index contributed by atoms with van der Waals surface area (Å²) in [6, 6.07) is 14.0. The van der Waals surface area contributed by atoms with E-state index in [1.807, 2.05) is 30.3 Å². The van der Waals surface area contributed by atoms with E-state index in [0.29, 0.717) is 6.42 Å². The fourth-order valence-electron chi connectivity index (χ4n) is 2.71. The van der Waals surface area contributed by atoms with Crippen LogP contribution in [0.15, 0.2) is 66.3 Å². The Labute approximate surface area is 119 Å². The lowest BCUT2D eigenvalue weighted by molar-refractivity contribution is 0.0984. The summed E-state index contributed by atoms with van der Waals surface area (Å²) in [6.07, 6.45) is 10.3. The van der Waals surface area contributed by atoms with Crippen molar-refractivity contribution in [1.29, 1.82) is 0 Å². The van der Waals surface area contributed by atoms with E-state index in [1.165, 1.54) is 5.57 Å². The highest BCUT2D eigenvalue weighted by molar-refractivity contribution is 6.08. The molecule has 0 N–H and O–H groups in total. The summed E-state index contributed by atoms with van der Waals surface area (Å²) in [6.45, 7) is 0. The van der Waals surface area contributed by atoms with E-state index in [1.54, 1.807) is 0 Å². The Kier molecular flexibility index (Phi) is 3.78. The van der Waals surface area contributed by atoms with Crippen LogP contribution in [0.3, 0.4) is 0 Å². The van der Waals surface area contributed by atoms with E-state index in [4.69, 9.17) is 0 Å². The van der Waals surface area contributed by atoms with E-state index in [0.717, 1.165) is 35.6 Å². The van der Waals surface area contributed by atoms with Gasteiger partial charge < -0.3 is 0 Å². The number of carbonyl (C=O) groups excluding carboxylic acids is 1. The quantitative estimate of drug-likeness (QED) is 0.702. The minimum Gasteiger partial charge on any atom is -0.294 e. The average molecular weight is 262 g/mol. The number of hydrogen-bond acceptors (Lipinski definition) is 1. The second-order valence-corrected chi connectivity index (χ2v) is 5.21. The predicted octanol–water partition coefficient (Wildman–Crippen LogP) is 5.08. The summed E-state index contributed by atoms with van der Waals surface area (Å²) in [5, 5.41) is 2.20. The van der Waals surface area contributed by atoms with Crippen LogP contribution in [0.2, 0.25) is 0 Å². The normalized spacial score (nSPS) is 14.3. The van der Waals surface area contributed by atoms with Gasteiger partial charge in [0, 0.05) is 12.0 Å². The third-order valence-electron chi connectivity index (χ3n) is 3.80. The first kappa shape index (κ1) is 12.9. The molecule has 2 aromatic rings. The van der Waals surface area contributed by atoms with Gasteiger partial charge >= 0.3 is 0 Å². The van der Waals surface area contributed by atoms with Gasteiger partial charge in [0.1, 0.15) is 0 Å². The van der Waals surface area contributed by atoms with Gasteiger partial charge in [0.15, 0.2) is 5.78 Å². The fraction of sp³-hybridized carbons (Fsp3) is 0.211. The maximum absolute atomic E-state index is 12.4. The molecule has 0 aromatic heterocycles. The van der Waals surface area contributed by atoms with Gasteiger partial charge in [0.2, 0.25) is 0 Å². The summed E-state index contributed by atoms with van der Waals surface area (Å²) in [5.41, 5.74) is 2.15. The van der Waals surface area contributed by atoms with Gasteiger partial charge in [-0.15, -0.1) is 0 Å². The lowest BCUT2D eigenvalue weighted by atomic mass is 9.96. The molecule has 1 nitrogen and oxygen atoms in total. The summed E-state index contributed by atoms with van der Waals surface area (Å²) in [7, 11) is 0. The molecule has 1 aliphatic rings. The van der Waals surface area contributed by atoms with Crippen molar-refractivity contribution in [3.8, 4) is 0 Å². The van der Waals surface area contributed by atoms with Gasteiger partial charge in [0.05, 0.1) is 0 Å². The van der Waals surface area contributed by atoms with Crippen LogP contribution in [-0.4, -0.2) is 5.78 Å². The van der Waals surface area contributed by atoms with Crippen molar-refractivity contribution in [3.63, 3.8) is 0 Å². The van der Waals surface area contributed by atoms with Crippen molar-refractivity contribution in [3.05, 3.63) is 71.8 Å². The van der Waals surface area contributed by atoms with Gasteiger partial charge in [-0.25, -0.2) is 0 Å². The van der Waals surface area contributed by atoms with Crippen molar-refractivity contribution >= 4 is 16.6 Å². The topological polar surface area (TPSA) is 17.1 Å². The number of carbonyl (C=O) groups is 1. The third-order valence-corrected chi connectivity index (χ3v) is 3.80. The molecule has 0 saturated heterocycles. The molecular formula is C19H18O. The van der Waals surface area contributed by atoms with Gasteiger partial charge in [-0.05, 0) is 30.0 Å². The molecule has 0 atom stereocenters. The molecule has 0 unspecified atom stereocenters. The highest BCUT2D eigenvalue weighted by atomic mass is 16.1. The van der Waals surface area contributed by atoms with Gasteiger partial charge in [-0.3, -0.25) is 4.79 Å². The Morgan fingerprint density at radius 2 is 1.85 bits per heavy atom. The average Bonchev–Trinajstić information content (AvgIpc) is 2.53. The molecule has 1 aliphatic carbocycles. The smallest absolute Gasteiger partial charge is 0.163 e. The van der Waals surface area contributed by atoms with Gasteiger partial charge in [0.25, 0.3) is 0 Å². The Bertz CT molecular complexity index is 686. The third kappa shape index (κ3) is 2.72. The zero-order valence-corrected chi connectivity index (χ0v) is 11.5. The van der Waals surface area contributed by atoms with E-state index in [9.17, 15) is 4.79 Å². The molecule has 100 valence electrons. The van der Waals surface area contributed by atoms with Crippen LogP contribution in [-0.2, 0) is 0 Å². The molecule has 3 rings (SSSR count). The van der Waals surface area contributed by atoms with Crippen molar-refractivity contribution in [2.45, 2.75) is 25.7 Å². The fourth-order valence-corrected chi connectivity index (χ4v) is 2.71. The number of fused-ring (bicyclic) bond motifs is 1. The van der Waals surface area contributed by atoms with Crippen LogP contribution in [0.25, 0.3) is 10.8 Å². The number of Topliss-reactive ketones (excluding diaryl/α,β-unsaturated/α-hetero) is 1. The van der Waals surface area contributed by atoms with Crippen molar-refractivity contribution in [1.82, 2.24) is 0 Å². The zero-order valence-electron chi connectivity index (χ0n) is 11.5. The molecule has 0 amide bonds. The van der Waals surface area contributed by atoms with Gasteiger partial charge in [-0.2, -0.15) is 0 Å². The van der Waals surface area contributed by atoms with Crippen LogP contribution >= 0.6 is 0 Å². The highest BCUT2D eigenvalue weighted by Crippen LogP contribution is 2.22. The van der Waals surface area contributed by atoms with E-state index in [2.05, 4.69) is 30.4 Å². The number of ketones is 1. The minimum absolute atomic E-state index is 0.238. The standard InChI is InChI=1S/C19H18O/c20-19(14-13-15-7-2-1-3-8-15)18-12-6-10-16-9-4-5-11-17(16)18/h2,4-12H,1,3,13-14H2. The second kappa shape index (κ2) is 5.87. The maximum atomic E-state index is 12.4. The molecule has 0 heterocycles. The number of rotatable bonds is 4. The van der Waals surface area contributed by atoms with E-state index in [-0.39, 0.29) is 5.78 Å². The number of benzene rings is 2. The highest BCUT2D eigenvalue weighted by Gasteiger charge is 2.10. The lowest BCUT2D eigenvalue weighted by Crippen LogP contribution is -2.01. The first-order valence-electron chi connectivity index (χ1n) is 7.21. The number of hydrogen-bond donors (Lipinski definition) is 0. The predicted molar refractivity (Wildman–Crippen MR) is 84.0 cm³/mol. The Morgan fingerprint density at radius 3 is 2.70 bits per heavy atom.